The first-order chi connectivity index (χ1) is 9.29. The minimum atomic E-state index is 0.124. The van der Waals surface area contributed by atoms with Crippen molar-refractivity contribution in [1.82, 2.24) is 5.32 Å². The molecule has 2 atom stereocenters. The first kappa shape index (κ1) is 15.1. The second-order valence-electron chi connectivity index (χ2n) is 6.95. The van der Waals surface area contributed by atoms with Gasteiger partial charge in [0.15, 0.2) is 0 Å². The molecular weight excluding hydrogens is 242 g/mol. The van der Waals surface area contributed by atoms with Crippen molar-refractivity contribution in [3.05, 3.63) is 58.7 Å². The molecule has 1 aliphatic rings. The average molecular weight is 269 g/mol. The Bertz CT molecular complexity index is 543. The summed E-state index contributed by atoms with van der Waals surface area (Å²) in [5, 5.41) is 3.69. The lowest BCUT2D eigenvalue weighted by Crippen LogP contribution is -2.38. The summed E-state index contributed by atoms with van der Waals surface area (Å²) >= 11 is 0. The minimum absolute atomic E-state index is 0.124. The Hall–Kier alpha value is -1.34. The maximum Gasteiger partial charge on any atom is 0.0299 e. The van der Waals surface area contributed by atoms with Crippen LogP contribution in [-0.2, 0) is 0 Å². The van der Waals surface area contributed by atoms with Crippen LogP contribution in [-0.4, -0.2) is 5.54 Å². The number of hydrogen-bond donors (Lipinski definition) is 1. The van der Waals surface area contributed by atoms with Crippen LogP contribution in [0.1, 0.15) is 64.6 Å². The summed E-state index contributed by atoms with van der Waals surface area (Å²) in [6.45, 7) is 13.4. The van der Waals surface area contributed by atoms with E-state index in [4.69, 9.17) is 0 Å². The van der Waals surface area contributed by atoms with E-state index in [1.54, 1.807) is 0 Å². The molecule has 0 saturated heterocycles. The van der Waals surface area contributed by atoms with E-state index in [1.807, 2.05) is 0 Å². The maximum atomic E-state index is 3.69. The van der Waals surface area contributed by atoms with Crippen molar-refractivity contribution in [3.8, 4) is 0 Å². The molecule has 1 aromatic carbocycles. The quantitative estimate of drug-likeness (QED) is 0.802. The Balaban J connectivity index is 2.35. The summed E-state index contributed by atoms with van der Waals surface area (Å²) in [6.07, 6.45) is 4.58. The Kier molecular flexibility index (Phi) is 4.19. The van der Waals surface area contributed by atoms with Gasteiger partial charge in [0, 0.05) is 17.5 Å². The van der Waals surface area contributed by atoms with Crippen molar-refractivity contribution in [1.29, 1.82) is 0 Å². The number of nitrogens with one attached hydrogen (secondary N) is 1. The zero-order valence-corrected chi connectivity index (χ0v) is 13.6. The van der Waals surface area contributed by atoms with Gasteiger partial charge in [-0.25, -0.2) is 0 Å². The normalized spacial score (nSPS) is 20.6. The van der Waals surface area contributed by atoms with Crippen LogP contribution in [0.4, 0.5) is 0 Å². The third kappa shape index (κ3) is 3.21. The van der Waals surface area contributed by atoms with Crippen LogP contribution in [0.5, 0.6) is 0 Å². The fourth-order valence-corrected chi connectivity index (χ4v) is 3.01. The van der Waals surface area contributed by atoms with Crippen molar-refractivity contribution in [2.75, 3.05) is 0 Å². The predicted octanol–water partition coefficient (Wildman–Crippen LogP) is 5.13. The maximum absolute atomic E-state index is 3.69. The van der Waals surface area contributed by atoms with Crippen LogP contribution in [0, 0.1) is 0 Å². The minimum Gasteiger partial charge on any atom is -0.306 e. The summed E-state index contributed by atoms with van der Waals surface area (Å²) in [5.41, 5.74) is 5.84. The number of rotatable bonds is 3. The Morgan fingerprint density at radius 1 is 1.10 bits per heavy atom. The van der Waals surface area contributed by atoms with Crippen LogP contribution in [0.2, 0.25) is 0 Å². The first-order valence-electron chi connectivity index (χ1n) is 7.51. The van der Waals surface area contributed by atoms with E-state index in [9.17, 15) is 0 Å². The molecule has 0 radical (unpaired) electrons. The van der Waals surface area contributed by atoms with E-state index in [2.05, 4.69) is 83.3 Å². The topological polar surface area (TPSA) is 12.0 Å². The molecule has 108 valence electrons. The van der Waals surface area contributed by atoms with Gasteiger partial charge >= 0.3 is 0 Å². The van der Waals surface area contributed by atoms with Gasteiger partial charge in [-0.15, -0.1) is 0 Å². The third-order valence-corrected chi connectivity index (χ3v) is 4.07. The average Bonchev–Trinajstić information content (AvgIpc) is 2.68. The van der Waals surface area contributed by atoms with Crippen LogP contribution < -0.4 is 5.32 Å². The van der Waals surface area contributed by atoms with Crippen molar-refractivity contribution >= 4 is 0 Å². The van der Waals surface area contributed by atoms with Crippen LogP contribution in [0.15, 0.2) is 47.6 Å². The van der Waals surface area contributed by atoms with Gasteiger partial charge in [-0.1, -0.05) is 47.6 Å². The standard InChI is InChI=1S/C19H27N/c1-13-11-12-16(14(13)2)18-10-8-7-9-17(18)15(3)20-19(4,5)6/h7-12,15-16,20H,1-6H3. The van der Waals surface area contributed by atoms with E-state index >= 15 is 0 Å². The molecule has 1 N–H and O–H groups in total. The van der Waals surface area contributed by atoms with Gasteiger partial charge in [-0.05, 0) is 52.7 Å². The van der Waals surface area contributed by atoms with Gasteiger partial charge in [-0.3, -0.25) is 0 Å². The van der Waals surface area contributed by atoms with Crippen molar-refractivity contribution in [3.63, 3.8) is 0 Å². The van der Waals surface area contributed by atoms with E-state index in [0.717, 1.165) is 0 Å². The smallest absolute Gasteiger partial charge is 0.0299 e. The second kappa shape index (κ2) is 5.57. The molecule has 1 heteroatoms. The zero-order chi connectivity index (χ0) is 14.9. The summed E-state index contributed by atoms with van der Waals surface area (Å²) < 4.78 is 0. The van der Waals surface area contributed by atoms with Crippen LogP contribution in [0.3, 0.4) is 0 Å². The van der Waals surface area contributed by atoms with Crippen molar-refractivity contribution in [2.24, 2.45) is 0 Å². The molecule has 0 spiro atoms. The van der Waals surface area contributed by atoms with Gasteiger partial charge in [0.2, 0.25) is 0 Å². The Morgan fingerprint density at radius 2 is 1.75 bits per heavy atom. The molecule has 0 aliphatic heterocycles. The fraction of sp³-hybridized carbons (Fsp3) is 0.474. The molecule has 0 aromatic heterocycles. The largest absolute Gasteiger partial charge is 0.306 e. The SMILES string of the molecule is CC1=C(C)C(c2ccccc2C(C)NC(C)(C)C)C=C1. The van der Waals surface area contributed by atoms with Gasteiger partial charge < -0.3 is 5.32 Å². The molecule has 0 heterocycles. The van der Waals surface area contributed by atoms with Crippen molar-refractivity contribution < 1.29 is 0 Å². The summed E-state index contributed by atoms with van der Waals surface area (Å²) in [4.78, 5) is 0. The molecule has 1 nitrogen and oxygen atoms in total. The summed E-state index contributed by atoms with van der Waals surface area (Å²) in [5.74, 6) is 0.440. The summed E-state index contributed by atoms with van der Waals surface area (Å²) in [6, 6.07) is 9.18. The monoisotopic (exact) mass is 269 g/mol. The molecular formula is C19H27N. The van der Waals surface area contributed by atoms with E-state index in [-0.39, 0.29) is 5.54 Å². The van der Waals surface area contributed by atoms with Crippen LogP contribution in [0.25, 0.3) is 0 Å². The Labute approximate surface area is 123 Å². The van der Waals surface area contributed by atoms with Gasteiger partial charge in [0.05, 0.1) is 0 Å². The third-order valence-electron chi connectivity index (χ3n) is 4.07. The highest BCUT2D eigenvalue weighted by molar-refractivity contribution is 5.47. The van der Waals surface area contributed by atoms with E-state index < -0.39 is 0 Å². The number of benzene rings is 1. The van der Waals surface area contributed by atoms with Crippen molar-refractivity contribution in [2.45, 2.75) is 59.0 Å². The molecule has 20 heavy (non-hydrogen) atoms. The lowest BCUT2D eigenvalue weighted by Gasteiger charge is -2.29. The second-order valence-corrected chi connectivity index (χ2v) is 6.95. The molecule has 0 saturated carbocycles. The molecule has 2 rings (SSSR count). The van der Waals surface area contributed by atoms with E-state index in [0.29, 0.717) is 12.0 Å². The zero-order valence-electron chi connectivity index (χ0n) is 13.6. The van der Waals surface area contributed by atoms with Gasteiger partial charge in [-0.2, -0.15) is 0 Å². The number of allylic oxidation sites excluding steroid dienone is 4. The molecule has 0 fully saturated rings. The molecule has 2 unspecified atom stereocenters. The first-order valence-corrected chi connectivity index (χ1v) is 7.51. The summed E-state index contributed by atoms with van der Waals surface area (Å²) in [7, 11) is 0. The van der Waals surface area contributed by atoms with Crippen LogP contribution >= 0.6 is 0 Å². The molecule has 0 amide bonds. The molecule has 1 aliphatic carbocycles. The van der Waals surface area contributed by atoms with Gasteiger partial charge in [0.25, 0.3) is 0 Å². The Morgan fingerprint density at radius 3 is 2.30 bits per heavy atom. The lowest BCUT2D eigenvalue weighted by molar-refractivity contribution is 0.377. The predicted molar refractivity (Wildman–Crippen MR) is 88.0 cm³/mol. The van der Waals surface area contributed by atoms with Gasteiger partial charge in [0.1, 0.15) is 0 Å². The molecule has 0 bridgehead atoms. The molecule has 1 aromatic rings. The van der Waals surface area contributed by atoms with E-state index in [1.165, 1.54) is 22.3 Å². The fourth-order valence-electron chi connectivity index (χ4n) is 3.01. The highest BCUT2D eigenvalue weighted by Crippen LogP contribution is 2.37. The lowest BCUT2D eigenvalue weighted by atomic mass is 9.87. The highest BCUT2D eigenvalue weighted by Gasteiger charge is 2.23. The number of hydrogen-bond acceptors (Lipinski definition) is 1. The highest BCUT2D eigenvalue weighted by atomic mass is 15.0.